The maximum absolute atomic E-state index is 11.4. The fourth-order valence-corrected chi connectivity index (χ4v) is 3.13. The van der Waals surface area contributed by atoms with Gasteiger partial charge in [-0.1, -0.05) is 30.3 Å². The number of aromatic amines is 1. The van der Waals surface area contributed by atoms with Crippen LogP contribution in [0.25, 0.3) is 21.8 Å². The molecule has 130 valence electrons. The van der Waals surface area contributed by atoms with Crippen molar-refractivity contribution in [1.82, 2.24) is 15.4 Å². The number of carbonyl (C=O) groups excluding carboxylic acids is 1. The molecular weight excluding hydrogens is 328 g/mol. The predicted molar refractivity (Wildman–Crippen MR) is 101 cm³/mol. The maximum atomic E-state index is 11.4. The van der Waals surface area contributed by atoms with E-state index in [2.05, 4.69) is 33.5 Å². The number of amides is 1. The fraction of sp³-hybridized carbons (Fsp3) is 0.100. The number of hydrogen-bond donors (Lipinski definition) is 4. The smallest absolute Gasteiger partial charge is 0.274 e. The quantitative estimate of drug-likeness (QED) is 0.335. The lowest BCUT2D eigenvalue weighted by atomic mass is 10.1. The average molecular weight is 346 g/mol. The number of benzene rings is 2. The van der Waals surface area contributed by atoms with Gasteiger partial charge in [-0.3, -0.25) is 10.0 Å². The molecule has 0 fully saturated rings. The van der Waals surface area contributed by atoms with Gasteiger partial charge in [0, 0.05) is 28.4 Å². The van der Waals surface area contributed by atoms with Gasteiger partial charge >= 0.3 is 0 Å². The van der Waals surface area contributed by atoms with Gasteiger partial charge in [-0.15, -0.1) is 0 Å². The van der Waals surface area contributed by atoms with Gasteiger partial charge in [-0.25, -0.2) is 10.5 Å². The number of aryl methyl sites for hydroxylation is 1. The highest BCUT2D eigenvalue weighted by molar-refractivity contribution is 6.08. The van der Waals surface area contributed by atoms with Crippen LogP contribution in [0.4, 0.5) is 5.82 Å². The molecule has 0 saturated heterocycles. The highest BCUT2D eigenvalue weighted by atomic mass is 16.5. The number of hydroxylamine groups is 1. The van der Waals surface area contributed by atoms with E-state index < -0.39 is 5.91 Å². The normalized spacial score (nSPS) is 11.0. The van der Waals surface area contributed by atoms with E-state index in [1.54, 1.807) is 17.6 Å². The lowest BCUT2D eigenvalue weighted by Crippen LogP contribution is -2.18. The molecule has 2 aromatic heterocycles. The highest BCUT2D eigenvalue weighted by Crippen LogP contribution is 2.28. The Morgan fingerprint density at radius 3 is 2.65 bits per heavy atom. The number of hydrogen-bond acceptors (Lipinski definition) is 4. The number of nitrogens with one attached hydrogen (secondary N) is 3. The molecule has 0 unspecified atom stereocenters. The summed E-state index contributed by atoms with van der Waals surface area (Å²) in [6.45, 7) is 2.58. The molecule has 1 amide bonds. The molecule has 0 aliphatic heterocycles. The van der Waals surface area contributed by atoms with Gasteiger partial charge in [0.2, 0.25) is 0 Å². The van der Waals surface area contributed by atoms with Gasteiger partial charge in [0.05, 0.1) is 11.2 Å². The molecule has 0 atom stereocenters. The summed E-state index contributed by atoms with van der Waals surface area (Å²) < 4.78 is 0. The number of para-hydroxylation sites is 1. The Kier molecular flexibility index (Phi) is 4.02. The largest absolute Gasteiger partial charge is 0.366 e. The molecule has 0 aliphatic carbocycles. The summed E-state index contributed by atoms with van der Waals surface area (Å²) in [5.74, 6) is 0.281. The maximum Gasteiger partial charge on any atom is 0.274 e. The first-order valence-corrected chi connectivity index (χ1v) is 8.31. The summed E-state index contributed by atoms with van der Waals surface area (Å²) in [6.07, 6.45) is 0. The second-order valence-corrected chi connectivity index (χ2v) is 6.18. The van der Waals surface area contributed by atoms with Crippen molar-refractivity contribution in [3.63, 3.8) is 0 Å². The third-order valence-electron chi connectivity index (χ3n) is 4.47. The van der Waals surface area contributed by atoms with Gasteiger partial charge in [-0.05, 0) is 36.8 Å². The number of aromatic nitrogens is 2. The van der Waals surface area contributed by atoms with Crippen LogP contribution in [0.3, 0.4) is 0 Å². The molecule has 0 saturated carbocycles. The third kappa shape index (κ3) is 2.87. The second-order valence-electron chi connectivity index (χ2n) is 6.18. The number of carbonyl (C=O) groups is 1. The molecular formula is C20H18N4O2. The average Bonchev–Trinajstić information content (AvgIpc) is 3.06. The van der Waals surface area contributed by atoms with E-state index in [0.29, 0.717) is 12.1 Å². The Balaban J connectivity index is 1.59. The summed E-state index contributed by atoms with van der Waals surface area (Å²) >= 11 is 0. The zero-order valence-electron chi connectivity index (χ0n) is 14.2. The number of pyridine rings is 1. The standard InChI is InChI=1S/C20H18N4O2/c1-12-19-16(15-4-2-3-5-17(15)23-19)10-18(22-12)21-11-13-6-8-14(9-7-13)20(25)24-26/h2-10,23,26H,11H2,1H3,(H,21,22)(H,24,25). The molecule has 0 radical (unpaired) electrons. The van der Waals surface area contributed by atoms with Crippen LogP contribution in [0.15, 0.2) is 54.6 Å². The highest BCUT2D eigenvalue weighted by Gasteiger charge is 2.09. The zero-order valence-corrected chi connectivity index (χ0v) is 14.2. The van der Waals surface area contributed by atoms with Gasteiger partial charge in [0.1, 0.15) is 5.82 Å². The molecule has 2 aromatic carbocycles. The van der Waals surface area contributed by atoms with E-state index >= 15 is 0 Å². The van der Waals surface area contributed by atoms with Crippen molar-refractivity contribution in [1.29, 1.82) is 0 Å². The molecule has 4 N–H and O–H groups in total. The summed E-state index contributed by atoms with van der Waals surface area (Å²) in [4.78, 5) is 19.4. The van der Waals surface area contributed by atoms with Crippen LogP contribution in [0.2, 0.25) is 0 Å². The van der Waals surface area contributed by atoms with Crippen LogP contribution in [0.5, 0.6) is 0 Å². The predicted octanol–water partition coefficient (Wildman–Crippen LogP) is 3.76. The summed E-state index contributed by atoms with van der Waals surface area (Å²) in [5, 5.41) is 14.3. The SMILES string of the molecule is Cc1nc(NCc2ccc(C(=O)NO)cc2)cc2c1[nH]c1ccccc12. The number of rotatable bonds is 4. The van der Waals surface area contributed by atoms with Crippen molar-refractivity contribution >= 4 is 33.5 Å². The zero-order chi connectivity index (χ0) is 18.1. The topological polar surface area (TPSA) is 90.0 Å². The summed E-state index contributed by atoms with van der Waals surface area (Å²) in [5.41, 5.74) is 6.14. The van der Waals surface area contributed by atoms with Gasteiger partial charge in [0.15, 0.2) is 0 Å². The minimum atomic E-state index is -0.522. The van der Waals surface area contributed by atoms with E-state index in [1.165, 1.54) is 5.39 Å². The summed E-state index contributed by atoms with van der Waals surface area (Å²) in [7, 11) is 0. The summed E-state index contributed by atoms with van der Waals surface area (Å²) in [6, 6.07) is 17.3. The van der Waals surface area contributed by atoms with E-state index in [1.807, 2.05) is 31.2 Å². The lowest BCUT2D eigenvalue weighted by Gasteiger charge is -2.08. The Morgan fingerprint density at radius 1 is 1.12 bits per heavy atom. The Bertz CT molecular complexity index is 1100. The van der Waals surface area contributed by atoms with Crippen molar-refractivity contribution < 1.29 is 10.0 Å². The second kappa shape index (κ2) is 6.50. The van der Waals surface area contributed by atoms with Crippen molar-refractivity contribution in [2.24, 2.45) is 0 Å². The molecule has 6 heteroatoms. The van der Waals surface area contributed by atoms with Gasteiger partial charge in [-0.2, -0.15) is 0 Å². The first-order valence-electron chi connectivity index (χ1n) is 8.31. The van der Waals surface area contributed by atoms with E-state index in [-0.39, 0.29) is 0 Å². The first-order chi connectivity index (χ1) is 12.7. The molecule has 4 rings (SSSR count). The van der Waals surface area contributed by atoms with Crippen molar-refractivity contribution in [2.45, 2.75) is 13.5 Å². The van der Waals surface area contributed by atoms with Crippen molar-refractivity contribution in [3.05, 3.63) is 71.4 Å². The van der Waals surface area contributed by atoms with Crippen LogP contribution in [-0.2, 0) is 6.54 Å². The minimum absolute atomic E-state index is 0.408. The van der Waals surface area contributed by atoms with Crippen LogP contribution < -0.4 is 10.8 Å². The van der Waals surface area contributed by atoms with Gasteiger partial charge in [0.25, 0.3) is 5.91 Å². The minimum Gasteiger partial charge on any atom is -0.366 e. The number of H-pyrrole nitrogens is 1. The van der Waals surface area contributed by atoms with E-state index in [4.69, 9.17) is 5.21 Å². The van der Waals surface area contributed by atoms with Crippen LogP contribution in [0, 0.1) is 6.92 Å². The Hall–Kier alpha value is -3.38. The molecule has 4 aromatic rings. The van der Waals surface area contributed by atoms with E-state index in [0.717, 1.165) is 33.5 Å². The van der Waals surface area contributed by atoms with Crippen LogP contribution >= 0.6 is 0 Å². The Morgan fingerprint density at radius 2 is 1.88 bits per heavy atom. The molecule has 0 aliphatic rings. The molecule has 26 heavy (non-hydrogen) atoms. The fourth-order valence-electron chi connectivity index (χ4n) is 3.13. The Labute approximate surface area is 149 Å². The van der Waals surface area contributed by atoms with Crippen LogP contribution in [-0.4, -0.2) is 21.1 Å². The lowest BCUT2D eigenvalue weighted by molar-refractivity contribution is 0.0706. The number of fused-ring (bicyclic) bond motifs is 3. The van der Waals surface area contributed by atoms with Crippen molar-refractivity contribution in [3.8, 4) is 0 Å². The molecule has 6 nitrogen and oxygen atoms in total. The molecule has 0 spiro atoms. The monoisotopic (exact) mass is 346 g/mol. The first kappa shape index (κ1) is 16.1. The molecule has 2 heterocycles. The number of anilines is 1. The van der Waals surface area contributed by atoms with E-state index in [9.17, 15) is 4.79 Å². The van der Waals surface area contributed by atoms with Crippen LogP contribution in [0.1, 0.15) is 21.6 Å². The third-order valence-corrected chi connectivity index (χ3v) is 4.47. The number of nitrogens with zero attached hydrogens (tertiary/aromatic N) is 1. The van der Waals surface area contributed by atoms with Crippen molar-refractivity contribution in [2.75, 3.05) is 5.32 Å². The van der Waals surface area contributed by atoms with Gasteiger partial charge < -0.3 is 10.3 Å². The molecule has 0 bridgehead atoms.